The van der Waals surface area contributed by atoms with Gasteiger partial charge < -0.3 is 33.9 Å². The van der Waals surface area contributed by atoms with Gasteiger partial charge in [0.1, 0.15) is 19.3 Å². The third-order valence-corrected chi connectivity index (χ3v) is 13.5. The van der Waals surface area contributed by atoms with Crippen molar-refractivity contribution in [3.05, 3.63) is 18.7 Å². The highest BCUT2D eigenvalue weighted by molar-refractivity contribution is 7.72. The number of nitrogens with zero attached hydrogens (tertiary/aromatic N) is 4. The Balaban J connectivity index is 3.05. The quantitative estimate of drug-likeness (QED) is 0.0296. The van der Waals surface area contributed by atoms with Gasteiger partial charge in [0.25, 0.3) is 0 Å². The second-order valence-corrected chi connectivity index (χ2v) is 17.1. The molecule has 4 atom stereocenters. The lowest BCUT2D eigenvalue weighted by atomic mass is 10.0. The monoisotopic (exact) mass is 779 g/mol. The van der Waals surface area contributed by atoms with Crippen LogP contribution in [-0.2, 0) is 49.5 Å². The Morgan fingerprint density at radius 2 is 1.54 bits per heavy atom. The van der Waals surface area contributed by atoms with E-state index in [-0.39, 0.29) is 70.4 Å². The van der Waals surface area contributed by atoms with Crippen LogP contribution in [0.2, 0.25) is 0 Å². The summed E-state index contributed by atoms with van der Waals surface area (Å²) in [6.45, 7) is 9.74. The van der Waals surface area contributed by atoms with Crippen LogP contribution in [0.15, 0.2) is 28.0 Å². The first-order chi connectivity index (χ1) is 24.8. The standard InChI is InChI=1S/C31H59N9O10P2/c1-7-25(3)30(31(46)48-8-2)38-52(32-4,37-16-21-47-5)39-51(6,36-18-23-50-29(45)13-11-27(42)43)35-17-22-49-28(44)12-10-26(41)34-14-9-19-40-20-15-33-24-40/h15,20,24-25,30,35-38H,7-14,16-19,21-23H2,1-6H3,(H,34,41)(H,42,43). The molecule has 1 heterocycles. The maximum atomic E-state index is 13.1. The molecule has 0 fully saturated rings. The molecule has 6 N–H and O–H groups in total. The van der Waals surface area contributed by atoms with Gasteiger partial charge in [-0.05, 0) is 25.9 Å². The molecule has 0 aliphatic heterocycles. The summed E-state index contributed by atoms with van der Waals surface area (Å²) in [5, 5.41) is 25.0. The lowest BCUT2D eigenvalue weighted by Crippen LogP contribution is -2.43. The fourth-order valence-electron chi connectivity index (χ4n) is 4.45. The number of esters is 3. The SMILES string of the molecule is CCOC(=O)C(NP(N=P(C)(NCCOC(=O)CCC(=O)O)NCCOC(=O)CCC(=O)NCCCn1ccnc1)(=NC)NCCOC)C(C)CC. The molecule has 0 spiro atoms. The summed E-state index contributed by atoms with van der Waals surface area (Å²) < 4.78 is 32.9. The number of carboxylic acid groups (broad SMARTS) is 1. The Bertz CT molecular complexity index is 1350. The van der Waals surface area contributed by atoms with Crippen molar-refractivity contribution >= 4 is 44.6 Å². The number of amides is 1. The highest BCUT2D eigenvalue weighted by Gasteiger charge is 2.33. The third kappa shape index (κ3) is 20.2. The van der Waals surface area contributed by atoms with Gasteiger partial charge >= 0.3 is 23.9 Å². The van der Waals surface area contributed by atoms with Gasteiger partial charge in [-0.2, -0.15) is 0 Å². The van der Waals surface area contributed by atoms with E-state index < -0.39 is 44.8 Å². The Labute approximate surface area is 306 Å². The minimum absolute atomic E-state index is 0.00818. The fourth-order valence-corrected chi connectivity index (χ4v) is 10.5. The normalized spacial score (nSPS) is 14.6. The van der Waals surface area contributed by atoms with Crippen LogP contribution in [0.4, 0.5) is 0 Å². The van der Waals surface area contributed by atoms with Crippen molar-refractivity contribution < 1.29 is 48.0 Å². The molecule has 19 nitrogen and oxygen atoms in total. The molecule has 1 aromatic rings. The van der Waals surface area contributed by atoms with Gasteiger partial charge in [-0.15, -0.1) is 0 Å². The molecule has 52 heavy (non-hydrogen) atoms. The number of imidazole rings is 1. The summed E-state index contributed by atoms with van der Waals surface area (Å²) in [4.78, 5) is 64.5. The molecule has 0 saturated carbocycles. The highest BCUT2D eigenvalue weighted by atomic mass is 31.2. The van der Waals surface area contributed by atoms with Gasteiger partial charge in [0.05, 0.1) is 46.2 Å². The molecule has 1 rings (SSSR count). The molecule has 0 aliphatic carbocycles. The van der Waals surface area contributed by atoms with E-state index in [0.717, 1.165) is 6.42 Å². The first-order valence-electron chi connectivity index (χ1n) is 17.4. The van der Waals surface area contributed by atoms with Crippen molar-refractivity contribution in [2.45, 2.75) is 71.9 Å². The molecular weight excluding hydrogens is 720 g/mol. The van der Waals surface area contributed by atoms with Crippen molar-refractivity contribution in [1.29, 1.82) is 0 Å². The zero-order chi connectivity index (χ0) is 38.8. The molecule has 0 aliphatic rings. The molecule has 1 aromatic heterocycles. The zero-order valence-corrected chi connectivity index (χ0v) is 33.1. The number of carbonyl (C=O) groups excluding carboxylic acids is 4. The van der Waals surface area contributed by atoms with Crippen LogP contribution in [0.25, 0.3) is 0 Å². The number of ether oxygens (including phenoxy) is 4. The van der Waals surface area contributed by atoms with E-state index in [9.17, 15) is 24.0 Å². The number of aliphatic carboxylic acids is 1. The van der Waals surface area contributed by atoms with Crippen LogP contribution in [0, 0.1) is 5.92 Å². The second-order valence-electron chi connectivity index (χ2n) is 11.6. The lowest BCUT2D eigenvalue weighted by Gasteiger charge is -2.33. The molecule has 0 radical (unpaired) electrons. The van der Waals surface area contributed by atoms with Crippen molar-refractivity contribution in [1.82, 2.24) is 35.2 Å². The van der Waals surface area contributed by atoms with Crippen LogP contribution < -0.4 is 25.7 Å². The molecule has 21 heteroatoms. The van der Waals surface area contributed by atoms with E-state index in [4.69, 9.17) is 28.6 Å². The summed E-state index contributed by atoms with van der Waals surface area (Å²) in [6.07, 6.45) is 5.94. The molecule has 0 saturated heterocycles. The van der Waals surface area contributed by atoms with Gasteiger partial charge in [0, 0.05) is 65.7 Å². The topological polar surface area (TPSA) is 245 Å². The smallest absolute Gasteiger partial charge is 0.323 e. The Hall–Kier alpha value is -3.18. The number of aromatic nitrogens is 2. The van der Waals surface area contributed by atoms with Crippen LogP contribution in [0.3, 0.4) is 0 Å². The maximum absolute atomic E-state index is 13.1. The summed E-state index contributed by atoms with van der Waals surface area (Å²) in [5.41, 5.74) is 0. The van der Waals surface area contributed by atoms with Crippen molar-refractivity contribution in [3.8, 4) is 0 Å². The number of hydrogen-bond donors (Lipinski definition) is 6. The van der Waals surface area contributed by atoms with Gasteiger partial charge in [0.15, 0.2) is 0 Å². The van der Waals surface area contributed by atoms with Gasteiger partial charge in [-0.25, -0.2) is 14.6 Å². The number of nitrogens with one attached hydrogen (secondary N) is 5. The average molecular weight is 780 g/mol. The lowest BCUT2D eigenvalue weighted by molar-refractivity contribution is -0.147. The average Bonchev–Trinajstić information content (AvgIpc) is 3.64. The molecular formula is C31H59N9O10P2. The summed E-state index contributed by atoms with van der Waals surface area (Å²) in [6, 6.07) is -0.737. The summed E-state index contributed by atoms with van der Waals surface area (Å²) >= 11 is 0. The predicted octanol–water partition coefficient (Wildman–Crippen LogP) is 2.34. The second kappa shape index (κ2) is 26.6. The highest BCUT2D eigenvalue weighted by Crippen LogP contribution is 2.54. The maximum Gasteiger partial charge on any atom is 0.323 e. The molecule has 0 aromatic carbocycles. The van der Waals surface area contributed by atoms with E-state index in [2.05, 4.69) is 35.4 Å². The summed E-state index contributed by atoms with van der Waals surface area (Å²) in [7, 11) is -2.71. The molecule has 0 bridgehead atoms. The largest absolute Gasteiger partial charge is 0.481 e. The van der Waals surface area contributed by atoms with Crippen LogP contribution in [-0.4, -0.2) is 124 Å². The van der Waals surface area contributed by atoms with Crippen LogP contribution in [0.1, 0.15) is 59.3 Å². The van der Waals surface area contributed by atoms with Gasteiger partial charge in [-0.3, -0.25) is 44.0 Å². The number of carboxylic acids is 1. The van der Waals surface area contributed by atoms with Crippen LogP contribution >= 0.6 is 14.9 Å². The van der Waals surface area contributed by atoms with Crippen molar-refractivity contribution in [2.24, 2.45) is 15.2 Å². The number of aryl methyl sites for hydroxylation is 1. The van der Waals surface area contributed by atoms with Gasteiger partial charge in [0.2, 0.25) is 13.4 Å². The van der Waals surface area contributed by atoms with Crippen molar-refractivity contribution in [3.63, 3.8) is 0 Å². The minimum atomic E-state index is -3.07. The van der Waals surface area contributed by atoms with E-state index in [1.54, 1.807) is 33.6 Å². The third-order valence-electron chi connectivity index (χ3n) is 7.45. The predicted molar refractivity (Wildman–Crippen MR) is 197 cm³/mol. The summed E-state index contributed by atoms with van der Waals surface area (Å²) in [5.74, 6) is -3.09. The zero-order valence-electron chi connectivity index (χ0n) is 31.3. The van der Waals surface area contributed by atoms with Crippen molar-refractivity contribution in [2.75, 3.05) is 73.4 Å². The minimum Gasteiger partial charge on any atom is -0.481 e. The molecule has 1 amide bonds. The van der Waals surface area contributed by atoms with Crippen LogP contribution in [0.5, 0.6) is 0 Å². The number of carbonyl (C=O) groups is 5. The Morgan fingerprint density at radius 1 is 0.904 bits per heavy atom. The van der Waals surface area contributed by atoms with E-state index >= 15 is 0 Å². The fraction of sp³-hybridized carbons (Fsp3) is 0.742. The Morgan fingerprint density at radius 3 is 2.08 bits per heavy atom. The number of hydrogen-bond acceptors (Lipinski definition) is 11. The number of methoxy groups -OCH3 is 1. The first kappa shape index (κ1) is 46.8. The van der Waals surface area contributed by atoms with E-state index in [1.807, 2.05) is 31.3 Å². The first-order valence-corrected chi connectivity index (χ1v) is 21.3. The molecule has 298 valence electrons. The Kier molecular flexibility index (Phi) is 23.9. The molecule has 4 unspecified atom stereocenters. The van der Waals surface area contributed by atoms with E-state index in [1.165, 1.54) is 0 Å². The van der Waals surface area contributed by atoms with E-state index in [0.29, 0.717) is 32.7 Å². The van der Waals surface area contributed by atoms with Gasteiger partial charge in [-0.1, -0.05) is 20.3 Å². The number of rotatable bonds is 29.